The van der Waals surface area contributed by atoms with Crippen molar-refractivity contribution in [2.75, 3.05) is 5.32 Å². The molecular formula is C26H19Cl2F7N8O2. The Balaban J connectivity index is 1.51. The van der Waals surface area contributed by atoms with Crippen molar-refractivity contribution in [3.05, 3.63) is 81.0 Å². The van der Waals surface area contributed by atoms with Crippen LogP contribution in [0.1, 0.15) is 50.6 Å². The van der Waals surface area contributed by atoms with Gasteiger partial charge in [0.2, 0.25) is 0 Å². The molecule has 4 aromatic rings. The van der Waals surface area contributed by atoms with E-state index >= 15 is 0 Å². The molecule has 19 heteroatoms. The number of nitrogens with zero attached hydrogens (tertiary/aromatic N) is 6. The number of nitrogens with one attached hydrogen (secondary N) is 2. The van der Waals surface area contributed by atoms with E-state index in [1.54, 1.807) is 6.92 Å². The first-order valence-corrected chi connectivity index (χ1v) is 13.6. The van der Waals surface area contributed by atoms with Gasteiger partial charge in [-0.3, -0.25) is 9.59 Å². The molecule has 1 fully saturated rings. The molecule has 0 radical (unpaired) electrons. The highest BCUT2D eigenvalue weighted by molar-refractivity contribution is 6.32. The van der Waals surface area contributed by atoms with Crippen LogP contribution in [0, 0.1) is 6.92 Å². The molecule has 0 aliphatic heterocycles. The smallest absolute Gasteiger partial charge is 0.349 e. The number of carbonyl (C=O) groups excluding carboxylic acids is 2. The third-order valence-electron chi connectivity index (χ3n) is 6.63. The quantitative estimate of drug-likeness (QED) is 0.222. The maximum atomic E-state index is 14.5. The summed E-state index contributed by atoms with van der Waals surface area (Å²) in [6, 6.07) is 6.91. The molecular weight excluding hydrogens is 660 g/mol. The Morgan fingerprint density at radius 1 is 1.02 bits per heavy atom. The predicted molar refractivity (Wildman–Crippen MR) is 145 cm³/mol. The number of anilines is 1. The number of hydrogen-bond donors (Lipinski definition) is 2. The summed E-state index contributed by atoms with van der Waals surface area (Å²) < 4.78 is 95.0. The van der Waals surface area contributed by atoms with Gasteiger partial charge in [-0.1, -0.05) is 28.4 Å². The molecule has 0 unspecified atom stereocenters. The van der Waals surface area contributed by atoms with Gasteiger partial charge in [0.15, 0.2) is 5.82 Å². The van der Waals surface area contributed by atoms with Crippen LogP contribution in [0.15, 0.2) is 42.7 Å². The predicted octanol–water partition coefficient (Wildman–Crippen LogP) is 5.96. The monoisotopic (exact) mass is 678 g/mol. The zero-order valence-corrected chi connectivity index (χ0v) is 24.2. The van der Waals surface area contributed by atoms with Gasteiger partial charge in [0.05, 0.1) is 34.7 Å². The summed E-state index contributed by atoms with van der Waals surface area (Å²) in [6.07, 6.45) is -9.72. The zero-order chi connectivity index (χ0) is 32.9. The summed E-state index contributed by atoms with van der Waals surface area (Å²) in [7, 11) is 0. The van der Waals surface area contributed by atoms with Crippen molar-refractivity contribution in [3.63, 3.8) is 0 Å². The van der Waals surface area contributed by atoms with Crippen molar-refractivity contribution < 1.29 is 40.3 Å². The fourth-order valence-electron chi connectivity index (χ4n) is 4.27. The summed E-state index contributed by atoms with van der Waals surface area (Å²) in [4.78, 5) is 30.7. The van der Waals surface area contributed by atoms with Crippen LogP contribution in [0.25, 0.3) is 5.82 Å². The van der Waals surface area contributed by atoms with Crippen LogP contribution in [0.3, 0.4) is 0 Å². The molecule has 0 bridgehead atoms. The molecule has 3 aromatic heterocycles. The molecule has 1 aromatic carbocycles. The number of aryl methyl sites for hydroxylation is 1. The molecule has 5 rings (SSSR count). The Hall–Kier alpha value is -4.25. The Bertz CT molecular complexity index is 1770. The molecule has 10 nitrogen and oxygen atoms in total. The van der Waals surface area contributed by atoms with E-state index in [1.807, 2.05) is 0 Å². The number of benzene rings is 1. The lowest BCUT2D eigenvalue weighted by molar-refractivity contribution is -0.350. The fraction of sp³-hybridized carbons (Fsp3) is 0.308. The minimum Gasteiger partial charge on any atom is -0.349 e. The third kappa shape index (κ3) is 6.31. The molecule has 0 saturated heterocycles. The summed E-state index contributed by atoms with van der Waals surface area (Å²) >= 11 is 12.4. The van der Waals surface area contributed by atoms with Gasteiger partial charge in [0.25, 0.3) is 11.8 Å². The average molecular weight is 679 g/mol. The third-order valence-corrected chi connectivity index (χ3v) is 7.14. The molecule has 238 valence electrons. The number of rotatable bonds is 8. The Morgan fingerprint density at radius 3 is 2.33 bits per heavy atom. The number of amides is 2. The van der Waals surface area contributed by atoms with Gasteiger partial charge in [0.1, 0.15) is 11.4 Å². The van der Waals surface area contributed by atoms with Gasteiger partial charge in [-0.05, 0) is 55.7 Å². The minimum absolute atomic E-state index is 0.0113. The van der Waals surface area contributed by atoms with E-state index in [4.69, 9.17) is 23.2 Å². The van der Waals surface area contributed by atoms with E-state index in [9.17, 15) is 40.3 Å². The molecule has 0 spiro atoms. The second-order valence-corrected chi connectivity index (χ2v) is 10.9. The van der Waals surface area contributed by atoms with E-state index in [0.29, 0.717) is 10.2 Å². The van der Waals surface area contributed by atoms with Gasteiger partial charge in [-0.15, -0.1) is 5.10 Å². The lowest BCUT2D eigenvalue weighted by atomic mass is 10.0. The van der Waals surface area contributed by atoms with Crippen LogP contribution in [0.5, 0.6) is 0 Å². The highest BCUT2D eigenvalue weighted by Gasteiger charge is 2.75. The van der Waals surface area contributed by atoms with Crippen molar-refractivity contribution in [2.24, 2.45) is 0 Å². The first kappa shape index (κ1) is 32.2. The molecule has 1 saturated carbocycles. The largest absolute Gasteiger partial charge is 0.437 e. The molecule has 45 heavy (non-hydrogen) atoms. The van der Waals surface area contributed by atoms with Gasteiger partial charge < -0.3 is 10.6 Å². The van der Waals surface area contributed by atoms with E-state index in [2.05, 4.69) is 31.0 Å². The maximum absolute atomic E-state index is 14.5. The first-order chi connectivity index (χ1) is 21.0. The standard InChI is InChI=1S/C26H19Cl2F7N8O2/c1-12-7-13(27)8-16(22(44)37-14-4-5-14)20(12)38-23(45)18-9-15(40-43(18)21-17(28)3-2-6-36-21)10-42-11-19(39-41-42)24(29,25(30,31)32)26(33,34)35/h2-3,6-9,11,14H,4-5,10H2,1H3,(H,37,44)(H,38,45). The number of hydrogen-bond acceptors (Lipinski definition) is 6. The van der Waals surface area contributed by atoms with Gasteiger partial charge in [-0.25, -0.2) is 18.7 Å². The lowest BCUT2D eigenvalue weighted by Crippen LogP contribution is -2.50. The molecule has 2 N–H and O–H groups in total. The average Bonchev–Trinajstić information content (AvgIpc) is 3.46. The van der Waals surface area contributed by atoms with Crippen molar-refractivity contribution in [3.8, 4) is 5.82 Å². The number of alkyl halides is 7. The number of carbonyl (C=O) groups is 2. The highest BCUT2D eigenvalue weighted by Crippen LogP contribution is 2.52. The number of pyridine rings is 1. The highest BCUT2D eigenvalue weighted by atomic mass is 35.5. The van der Waals surface area contributed by atoms with Crippen LogP contribution in [-0.4, -0.2) is 60.0 Å². The van der Waals surface area contributed by atoms with Crippen molar-refractivity contribution >= 4 is 40.7 Å². The van der Waals surface area contributed by atoms with Crippen LogP contribution < -0.4 is 10.6 Å². The summed E-state index contributed by atoms with van der Waals surface area (Å²) in [5.74, 6) is -1.40. The molecule has 3 heterocycles. The Morgan fingerprint density at radius 2 is 1.71 bits per heavy atom. The molecule has 0 atom stereocenters. The van der Waals surface area contributed by atoms with E-state index < -0.39 is 42.1 Å². The zero-order valence-electron chi connectivity index (χ0n) is 22.6. The summed E-state index contributed by atoms with van der Waals surface area (Å²) in [5, 5.41) is 15.9. The van der Waals surface area contributed by atoms with Crippen LogP contribution in [0.2, 0.25) is 10.0 Å². The van der Waals surface area contributed by atoms with Crippen LogP contribution >= 0.6 is 23.2 Å². The van der Waals surface area contributed by atoms with Crippen molar-refractivity contribution in [1.29, 1.82) is 0 Å². The SMILES string of the molecule is Cc1cc(Cl)cc(C(=O)NC2CC2)c1NC(=O)c1cc(Cn2cc(C(F)(C(F)(F)F)C(F)(F)F)nn2)nn1-c1ncccc1Cl. The Kier molecular flexibility index (Phi) is 8.28. The molecule has 1 aliphatic carbocycles. The number of halogens is 9. The van der Waals surface area contributed by atoms with E-state index in [1.165, 1.54) is 30.5 Å². The maximum Gasteiger partial charge on any atom is 0.437 e. The fourth-order valence-corrected chi connectivity index (χ4v) is 4.75. The first-order valence-electron chi connectivity index (χ1n) is 12.8. The summed E-state index contributed by atoms with van der Waals surface area (Å²) in [6.45, 7) is 0.953. The minimum atomic E-state index is -6.39. The molecule has 1 aliphatic rings. The van der Waals surface area contributed by atoms with E-state index in [0.717, 1.165) is 23.6 Å². The molecule has 2 amide bonds. The van der Waals surface area contributed by atoms with Crippen LogP contribution in [0.4, 0.5) is 36.4 Å². The van der Waals surface area contributed by atoms with E-state index in [-0.39, 0.29) is 50.7 Å². The van der Waals surface area contributed by atoms with Crippen molar-refractivity contribution in [2.45, 2.75) is 50.4 Å². The van der Waals surface area contributed by atoms with Gasteiger partial charge >= 0.3 is 18.0 Å². The van der Waals surface area contributed by atoms with Crippen LogP contribution in [-0.2, 0) is 12.2 Å². The normalized spacial score (nSPS) is 14.0. The van der Waals surface area contributed by atoms with Crippen molar-refractivity contribution in [1.82, 2.24) is 35.1 Å². The summed E-state index contributed by atoms with van der Waals surface area (Å²) in [5.41, 5.74) is -7.60. The van der Waals surface area contributed by atoms with Gasteiger partial charge in [-0.2, -0.15) is 31.4 Å². The second-order valence-electron chi connectivity index (χ2n) is 10.0. The van der Waals surface area contributed by atoms with Gasteiger partial charge in [0, 0.05) is 17.3 Å². The Labute approximate surface area is 258 Å². The number of aromatic nitrogens is 6. The topological polar surface area (TPSA) is 120 Å². The second kappa shape index (κ2) is 11.6. The lowest BCUT2D eigenvalue weighted by Gasteiger charge is -2.27.